The molecule has 0 spiro atoms. The Hall–Kier alpha value is -2.89. The topological polar surface area (TPSA) is 87.1 Å². The molecule has 1 aromatic carbocycles. The number of nitrogens with two attached hydrogens (primary N) is 1. The normalized spacial score (nSPS) is 10.5. The van der Waals surface area contributed by atoms with Crippen LogP contribution in [-0.4, -0.2) is 15.1 Å². The zero-order valence-electron chi connectivity index (χ0n) is 12.0. The number of anilines is 1. The van der Waals surface area contributed by atoms with Crippen molar-refractivity contribution < 1.29 is 9.26 Å². The number of nitrogen functional groups attached to an aromatic ring is 1. The van der Waals surface area contributed by atoms with Crippen molar-refractivity contribution in [3.8, 4) is 5.75 Å². The maximum Gasteiger partial charge on any atom is 0.264 e. The van der Waals surface area contributed by atoms with Gasteiger partial charge in [-0.1, -0.05) is 35.5 Å². The lowest BCUT2D eigenvalue weighted by Crippen LogP contribution is -2.00. The van der Waals surface area contributed by atoms with Crippen LogP contribution in [0.15, 0.2) is 53.2 Å². The average Bonchev–Trinajstić information content (AvgIpc) is 3.01. The maximum atomic E-state index is 5.70. The molecule has 0 amide bonds. The van der Waals surface area contributed by atoms with Gasteiger partial charge in [0.05, 0.1) is 0 Å². The van der Waals surface area contributed by atoms with Crippen LogP contribution in [0, 0.1) is 0 Å². The van der Waals surface area contributed by atoms with Gasteiger partial charge < -0.3 is 15.0 Å². The largest absolute Gasteiger partial charge is 0.480 e. The molecule has 3 rings (SSSR count). The lowest BCUT2D eigenvalue weighted by molar-refractivity contribution is 0.243. The number of nitrogens with zero attached hydrogens (tertiary/aromatic N) is 3. The number of aryl methyl sites for hydroxylation is 2. The van der Waals surface area contributed by atoms with Gasteiger partial charge in [0.2, 0.25) is 0 Å². The van der Waals surface area contributed by atoms with E-state index in [2.05, 4.69) is 27.3 Å². The summed E-state index contributed by atoms with van der Waals surface area (Å²) in [5.74, 6) is 1.94. The van der Waals surface area contributed by atoms with Crippen molar-refractivity contribution in [1.29, 1.82) is 0 Å². The van der Waals surface area contributed by atoms with Crippen LogP contribution < -0.4 is 10.5 Å². The summed E-state index contributed by atoms with van der Waals surface area (Å²) in [4.78, 5) is 8.25. The Kier molecular flexibility index (Phi) is 4.29. The molecule has 0 radical (unpaired) electrons. The third-order valence-electron chi connectivity index (χ3n) is 3.14. The molecule has 0 bridgehead atoms. The van der Waals surface area contributed by atoms with E-state index in [9.17, 15) is 0 Å². The zero-order valence-corrected chi connectivity index (χ0v) is 12.0. The van der Waals surface area contributed by atoms with Gasteiger partial charge in [0, 0.05) is 12.6 Å². The van der Waals surface area contributed by atoms with Gasteiger partial charge in [0.1, 0.15) is 0 Å². The van der Waals surface area contributed by atoms with Crippen molar-refractivity contribution >= 4 is 5.82 Å². The molecule has 0 unspecified atom stereocenters. The van der Waals surface area contributed by atoms with Gasteiger partial charge in [-0.15, -0.1) is 0 Å². The van der Waals surface area contributed by atoms with E-state index in [0.717, 1.165) is 12.8 Å². The summed E-state index contributed by atoms with van der Waals surface area (Å²) in [6.07, 6.45) is 3.20. The number of rotatable bonds is 6. The van der Waals surface area contributed by atoms with Crippen LogP contribution in [0.1, 0.15) is 17.3 Å². The van der Waals surface area contributed by atoms with Crippen LogP contribution in [0.5, 0.6) is 5.75 Å². The zero-order chi connectivity index (χ0) is 15.2. The van der Waals surface area contributed by atoms with Gasteiger partial charge in [-0.3, -0.25) is 0 Å². The third kappa shape index (κ3) is 3.60. The predicted molar refractivity (Wildman–Crippen MR) is 81.1 cm³/mol. The van der Waals surface area contributed by atoms with E-state index in [1.807, 2.05) is 18.2 Å². The molecule has 0 aliphatic heterocycles. The van der Waals surface area contributed by atoms with Crippen molar-refractivity contribution in [2.75, 3.05) is 5.73 Å². The van der Waals surface area contributed by atoms with Crippen LogP contribution in [0.3, 0.4) is 0 Å². The first-order valence-electron chi connectivity index (χ1n) is 7.00. The monoisotopic (exact) mass is 296 g/mol. The number of hydrogen-bond acceptors (Lipinski definition) is 6. The predicted octanol–water partition coefficient (Wildman–Crippen LogP) is 2.41. The summed E-state index contributed by atoms with van der Waals surface area (Å²) in [6.45, 7) is 0.175. The van der Waals surface area contributed by atoms with E-state index < -0.39 is 0 Å². The summed E-state index contributed by atoms with van der Waals surface area (Å²) in [7, 11) is 0. The van der Waals surface area contributed by atoms with Crippen molar-refractivity contribution in [3.05, 3.63) is 65.9 Å². The van der Waals surface area contributed by atoms with E-state index in [0.29, 0.717) is 23.3 Å². The molecule has 2 N–H and O–H groups in total. The van der Waals surface area contributed by atoms with Crippen LogP contribution in [0.2, 0.25) is 0 Å². The van der Waals surface area contributed by atoms with Crippen molar-refractivity contribution in [2.45, 2.75) is 19.4 Å². The second-order valence-corrected chi connectivity index (χ2v) is 4.77. The molecule has 0 saturated heterocycles. The Morgan fingerprint density at radius 1 is 1.05 bits per heavy atom. The van der Waals surface area contributed by atoms with Crippen LogP contribution in [0.4, 0.5) is 5.82 Å². The van der Waals surface area contributed by atoms with Crippen LogP contribution >= 0.6 is 0 Å². The second kappa shape index (κ2) is 6.71. The number of ether oxygens (including phenoxy) is 1. The quantitative estimate of drug-likeness (QED) is 0.751. The van der Waals surface area contributed by atoms with E-state index in [1.165, 1.54) is 5.56 Å². The van der Waals surface area contributed by atoms with E-state index >= 15 is 0 Å². The lowest BCUT2D eigenvalue weighted by atomic mass is 10.1. The molecule has 0 saturated carbocycles. The highest BCUT2D eigenvalue weighted by Gasteiger charge is 2.08. The highest BCUT2D eigenvalue weighted by Crippen LogP contribution is 2.18. The highest BCUT2D eigenvalue weighted by molar-refractivity contribution is 5.44. The minimum absolute atomic E-state index is 0.175. The van der Waals surface area contributed by atoms with E-state index in [1.54, 1.807) is 18.3 Å². The van der Waals surface area contributed by atoms with Crippen molar-refractivity contribution in [1.82, 2.24) is 15.1 Å². The Morgan fingerprint density at radius 3 is 2.73 bits per heavy atom. The van der Waals surface area contributed by atoms with E-state index in [-0.39, 0.29) is 6.61 Å². The molecule has 2 aromatic heterocycles. The first-order valence-corrected chi connectivity index (χ1v) is 7.00. The lowest BCUT2D eigenvalue weighted by Gasteiger charge is -2.04. The fourth-order valence-electron chi connectivity index (χ4n) is 2.02. The first-order chi connectivity index (χ1) is 10.8. The number of hydrogen-bond donors (Lipinski definition) is 1. The number of aromatic nitrogens is 3. The first kappa shape index (κ1) is 14.1. The van der Waals surface area contributed by atoms with Crippen molar-refractivity contribution in [2.24, 2.45) is 0 Å². The number of pyridine rings is 1. The SMILES string of the molecule is Nc1ncccc1OCc1nc(CCc2ccccc2)no1. The molecule has 0 atom stereocenters. The van der Waals surface area contributed by atoms with Gasteiger partial charge >= 0.3 is 0 Å². The van der Waals surface area contributed by atoms with Crippen LogP contribution in [0.25, 0.3) is 0 Å². The summed E-state index contributed by atoms with van der Waals surface area (Å²) in [5, 5.41) is 3.95. The van der Waals surface area contributed by atoms with Gasteiger partial charge in [-0.2, -0.15) is 4.98 Å². The fourth-order valence-corrected chi connectivity index (χ4v) is 2.02. The minimum Gasteiger partial charge on any atom is -0.480 e. The van der Waals surface area contributed by atoms with Crippen molar-refractivity contribution in [3.63, 3.8) is 0 Å². The molecule has 3 aromatic rings. The molecule has 22 heavy (non-hydrogen) atoms. The molecule has 0 fully saturated rings. The fraction of sp³-hybridized carbons (Fsp3) is 0.188. The standard InChI is InChI=1S/C16H16N4O2/c17-16-13(7-4-10-18-16)21-11-15-19-14(20-22-15)9-8-12-5-2-1-3-6-12/h1-7,10H,8-9,11H2,(H2,17,18). The van der Waals surface area contributed by atoms with Gasteiger partial charge in [-0.05, 0) is 24.1 Å². The molecule has 2 heterocycles. The van der Waals surface area contributed by atoms with Gasteiger partial charge in [-0.25, -0.2) is 4.98 Å². The minimum atomic E-state index is 0.175. The summed E-state index contributed by atoms with van der Waals surface area (Å²) >= 11 is 0. The Labute approximate surface area is 127 Å². The molecule has 112 valence electrons. The average molecular weight is 296 g/mol. The smallest absolute Gasteiger partial charge is 0.264 e. The second-order valence-electron chi connectivity index (χ2n) is 4.77. The maximum absolute atomic E-state index is 5.70. The molecular weight excluding hydrogens is 280 g/mol. The van der Waals surface area contributed by atoms with Gasteiger partial charge in [0.25, 0.3) is 5.89 Å². The molecule has 6 heteroatoms. The number of benzene rings is 1. The Balaban J connectivity index is 1.54. The molecule has 6 nitrogen and oxygen atoms in total. The third-order valence-corrected chi connectivity index (χ3v) is 3.14. The Bertz CT molecular complexity index is 728. The van der Waals surface area contributed by atoms with E-state index in [4.69, 9.17) is 15.0 Å². The summed E-state index contributed by atoms with van der Waals surface area (Å²) < 4.78 is 10.7. The highest BCUT2D eigenvalue weighted by atomic mass is 16.5. The molecule has 0 aliphatic carbocycles. The summed E-state index contributed by atoms with van der Waals surface area (Å²) in [6, 6.07) is 13.7. The van der Waals surface area contributed by atoms with Crippen LogP contribution in [-0.2, 0) is 19.4 Å². The molecule has 0 aliphatic rings. The van der Waals surface area contributed by atoms with Gasteiger partial charge in [0.15, 0.2) is 24.0 Å². The molecular formula is C16H16N4O2. The summed E-state index contributed by atoms with van der Waals surface area (Å²) in [5.41, 5.74) is 6.94. The Morgan fingerprint density at radius 2 is 1.91 bits per heavy atom.